The third-order valence-electron chi connectivity index (χ3n) is 3.62. The van der Waals surface area contributed by atoms with Crippen LogP contribution in [0.2, 0.25) is 0 Å². The van der Waals surface area contributed by atoms with Gasteiger partial charge in [-0.2, -0.15) is 5.10 Å². The Morgan fingerprint density at radius 2 is 2.05 bits per heavy atom. The summed E-state index contributed by atoms with van der Waals surface area (Å²) in [6, 6.07) is 8.11. The zero-order valence-corrected chi connectivity index (χ0v) is 12.5. The van der Waals surface area contributed by atoms with E-state index in [1.54, 1.807) is 0 Å². The lowest BCUT2D eigenvalue weighted by Crippen LogP contribution is -2.31. The summed E-state index contributed by atoms with van der Waals surface area (Å²) in [6.45, 7) is 4.70. The number of aromatic nitrogens is 2. The van der Waals surface area contributed by atoms with Crippen molar-refractivity contribution in [1.82, 2.24) is 9.78 Å². The Balaban J connectivity index is 2.18. The molecule has 0 aliphatic carbocycles. The van der Waals surface area contributed by atoms with Crippen LogP contribution in [0.25, 0.3) is 10.9 Å². The Kier molecular flexibility index (Phi) is 5.15. The molecule has 0 radical (unpaired) electrons. The van der Waals surface area contributed by atoms with Gasteiger partial charge < -0.3 is 9.84 Å². The highest BCUT2D eigenvalue weighted by molar-refractivity contribution is 5.81. The maximum atomic E-state index is 10.4. The predicted octanol–water partition coefficient (Wildman–Crippen LogP) is 2.68. The maximum absolute atomic E-state index is 10.4. The predicted molar refractivity (Wildman–Crippen MR) is 80.7 cm³/mol. The van der Waals surface area contributed by atoms with Crippen LogP contribution in [-0.4, -0.2) is 33.7 Å². The van der Waals surface area contributed by atoms with Crippen molar-refractivity contribution in [1.29, 1.82) is 0 Å². The number of ether oxygens (including phenoxy) is 1. The Hall–Kier alpha value is -1.39. The second-order valence-corrected chi connectivity index (χ2v) is 5.14. The van der Waals surface area contributed by atoms with Crippen molar-refractivity contribution in [2.24, 2.45) is 7.05 Å². The summed E-state index contributed by atoms with van der Waals surface area (Å²) in [6.07, 6.45) is 1.80. The van der Waals surface area contributed by atoms with Crippen LogP contribution in [0, 0.1) is 0 Å². The van der Waals surface area contributed by atoms with Crippen molar-refractivity contribution >= 4 is 10.9 Å². The van der Waals surface area contributed by atoms with E-state index in [0.717, 1.165) is 29.4 Å². The van der Waals surface area contributed by atoms with E-state index >= 15 is 0 Å². The highest BCUT2D eigenvalue weighted by Crippen LogP contribution is 2.20. The SMILES string of the molecule is CCCC(OCC)C(O)Cc1nn(C)c2ccccc12. The van der Waals surface area contributed by atoms with Crippen molar-refractivity contribution in [2.45, 2.75) is 45.3 Å². The normalized spacial score (nSPS) is 14.6. The summed E-state index contributed by atoms with van der Waals surface area (Å²) >= 11 is 0. The van der Waals surface area contributed by atoms with E-state index in [2.05, 4.69) is 18.1 Å². The van der Waals surface area contributed by atoms with E-state index in [-0.39, 0.29) is 6.10 Å². The van der Waals surface area contributed by atoms with Crippen molar-refractivity contribution in [2.75, 3.05) is 6.61 Å². The zero-order chi connectivity index (χ0) is 14.5. The summed E-state index contributed by atoms with van der Waals surface area (Å²) < 4.78 is 7.52. The molecule has 2 unspecified atom stereocenters. The average Bonchev–Trinajstić information content (AvgIpc) is 2.76. The topological polar surface area (TPSA) is 47.3 Å². The van der Waals surface area contributed by atoms with Gasteiger partial charge in [0.05, 0.1) is 23.4 Å². The molecule has 0 spiro atoms. The van der Waals surface area contributed by atoms with Gasteiger partial charge in [-0.25, -0.2) is 0 Å². The molecule has 1 aromatic carbocycles. The number of aliphatic hydroxyl groups excluding tert-OH is 1. The molecule has 4 nitrogen and oxygen atoms in total. The lowest BCUT2D eigenvalue weighted by atomic mass is 10.0. The third kappa shape index (κ3) is 3.19. The molecule has 1 aromatic heterocycles. The van der Waals surface area contributed by atoms with Gasteiger partial charge in [0, 0.05) is 25.5 Å². The number of hydrogen-bond acceptors (Lipinski definition) is 3. The Morgan fingerprint density at radius 3 is 2.75 bits per heavy atom. The number of para-hydroxylation sites is 1. The van der Waals surface area contributed by atoms with E-state index in [1.807, 2.05) is 36.9 Å². The molecule has 1 N–H and O–H groups in total. The Morgan fingerprint density at radius 1 is 1.30 bits per heavy atom. The minimum absolute atomic E-state index is 0.106. The molecule has 0 amide bonds. The minimum Gasteiger partial charge on any atom is -0.390 e. The largest absolute Gasteiger partial charge is 0.390 e. The number of fused-ring (bicyclic) bond motifs is 1. The average molecular weight is 276 g/mol. The van der Waals surface area contributed by atoms with Crippen molar-refractivity contribution < 1.29 is 9.84 Å². The number of aryl methyl sites for hydroxylation is 1. The number of hydrogen-bond donors (Lipinski definition) is 1. The van der Waals surface area contributed by atoms with E-state index < -0.39 is 6.10 Å². The van der Waals surface area contributed by atoms with Crippen LogP contribution in [0.5, 0.6) is 0 Å². The molecule has 0 saturated carbocycles. The molecule has 0 saturated heterocycles. The molecule has 110 valence electrons. The molecule has 0 aliphatic heterocycles. The fourth-order valence-electron chi connectivity index (χ4n) is 2.65. The van der Waals surface area contributed by atoms with Gasteiger partial charge in [-0.05, 0) is 19.4 Å². The third-order valence-corrected chi connectivity index (χ3v) is 3.62. The fraction of sp³-hybridized carbons (Fsp3) is 0.562. The first-order valence-corrected chi connectivity index (χ1v) is 7.37. The van der Waals surface area contributed by atoms with Crippen molar-refractivity contribution in [3.63, 3.8) is 0 Å². The van der Waals surface area contributed by atoms with Gasteiger partial charge in [0.15, 0.2) is 0 Å². The summed E-state index contributed by atoms with van der Waals surface area (Å²) in [5, 5.41) is 16.1. The van der Waals surface area contributed by atoms with Gasteiger partial charge in [-0.3, -0.25) is 4.68 Å². The molecule has 4 heteroatoms. The summed E-state index contributed by atoms with van der Waals surface area (Å²) in [5.41, 5.74) is 2.04. The monoisotopic (exact) mass is 276 g/mol. The molecular formula is C16H24N2O2. The van der Waals surface area contributed by atoms with Gasteiger partial charge in [0.2, 0.25) is 0 Å². The Labute approximate surface area is 120 Å². The van der Waals surface area contributed by atoms with E-state index in [9.17, 15) is 5.11 Å². The van der Waals surface area contributed by atoms with Crippen LogP contribution in [0.4, 0.5) is 0 Å². The second-order valence-electron chi connectivity index (χ2n) is 5.14. The van der Waals surface area contributed by atoms with E-state index in [4.69, 9.17) is 4.74 Å². The van der Waals surface area contributed by atoms with Crippen LogP contribution in [0.1, 0.15) is 32.4 Å². The molecule has 2 atom stereocenters. The first-order chi connectivity index (χ1) is 9.67. The highest BCUT2D eigenvalue weighted by Gasteiger charge is 2.21. The van der Waals surface area contributed by atoms with Crippen LogP contribution in [-0.2, 0) is 18.2 Å². The smallest absolute Gasteiger partial charge is 0.0858 e. The summed E-state index contributed by atoms with van der Waals surface area (Å²) in [4.78, 5) is 0. The van der Waals surface area contributed by atoms with E-state index in [1.165, 1.54) is 0 Å². The number of rotatable bonds is 7. The van der Waals surface area contributed by atoms with Crippen LogP contribution < -0.4 is 0 Å². The first kappa shape index (κ1) is 15.0. The van der Waals surface area contributed by atoms with Crippen molar-refractivity contribution in [3.05, 3.63) is 30.0 Å². The lowest BCUT2D eigenvalue weighted by Gasteiger charge is -2.21. The van der Waals surface area contributed by atoms with E-state index in [0.29, 0.717) is 13.0 Å². The van der Waals surface area contributed by atoms with Gasteiger partial charge in [0.1, 0.15) is 0 Å². The molecule has 0 bridgehead atoms. The molecule has 1 heterocycles. The summed E-state index contributed by atoms with van der Waals surface area (Å²) in [7, 11) is 1.93. The molecule has 20 heavy (non-hydrogen) atoms. The standard InChI is InChI=1S/C16H24N2O2/c1-4-8-16(20-5-2)15(19)11-13-12-9-6-7-10-14(12)18(3)17-13/h6-7,9-10,15-16,19H,4-5,8,11H2,1-3H3. The number of aliphatic hydroxyl groups is 1. The second kappa shape index (κ2) is 6.86. The number of nitrogens with zero attached hydrogens (tertiary/aromatic N) is 2. The molecular weight excluding hydrogens is 252 g/mol. The van der Waals surface area contributed by atoms with Gasteiger partial charge in [0.25, 0.3) is 0 Å². The quantitative estimate of drug-likeness (QED) is 0.845. The Bertz CT molecular complexity index is 544. The molecule has 0 fully saturated rings. The van der Waals surface area contributed by atoms with Crippen molar-refractivity contribution in [3.8, 4) is 0 Å². The van der Waals surface area contributed by atoms with Crippen LogP contribution in [0.15, 0.2) is 24.3 Å². The summed E-state index contributed by atoms with van der Waals surface area (Å²) in [5.74, 6) is 0. The van der Waals surface area contributed by atoms with Crippen LogP contribution in [0.3, 0.4) is 0 Å². The molecule has 0 aliphatic rings. The zero-order valence-electron chi connectivity index (χ0n) is 12.5. The molecule has 2 aromatic rings. The molecule has 2 rings (SSSR count). The minimum atomic E-state index is -0.506. The lowest BCUT2D eigenvalue weighted by molar-refractivity contribution is -0.0366. The van der Waals surface area contributed by atoms with Gasteiger partial charge in [-0.1, -0.05) is 31.5 Å². The highest BCUT2D eigenvalue weighted by atomic mass is 16.5. The maximum Gasteiger partial charge on any atom is 0.0858 e. The van der Waals surface area contributed by atoms with Crippen LogP contribution >= 0.6 is 0 Å². The first-order valence-electron chi connectivity index (χ1n) is 7.37. The van der Waals surface area contributed by atoms with Gasteiger partial charge >= 0.3 is 0 Å². The fourth-order valence-corrected chi connectivity index (χ4v) is 2.65. The van der Waals surface area contributed by atoms with Gasteiger partial charge in [-0.15, -0.1) is 0 Å². The number of benzene rings is 1.